The molecule has 7 heteroatoms. The third-order valence-electron chi connectivity index (χ3n) is 1.68. The van der Waals surface area contributed by atoms with Crippen LogP contribution in [0.15, 0.2) is 10.7 Å². The van der Waals surface area contributed by atoms with Crippen LogP contribution in [0.5, 0.6) is 0 Å². The SMILES string of the molecule is CCOC(=O)c1coc(N(C)CC(=O)O)n1. The zero-order valence-corrected chi connectivity index (χ0v) is 8.97. The Bertz CT molecular complexity index is 387. The zero-order valence-electron chi connectivity index (χ0n) is 8.97. The van der Waals surface area contributed by atoms with Crippen molar-refractivity contribution in [2.45, 2.75) is 6.92 Å². The van der Waals surface area contributed by atoms with Gasteiger partial charge in [0.05, 0.1) is 6.61 Å². The van der Waals surface area contributed by atoms with Gasteiger partial charge in [-0.2, -0.15) is 4.98 Å². The minimum Gasteiger partial charge on any atom is -0.480 e. The molecule has 0 fully saturated rings. The molecular weight excluding hydrogens is 216 g/mol. The van der Waals surface area contributed by atoms with Crippen LogP contribution in [0.3, 0.4) is 0 Å². The molecular formula is C9H12N2O5. The Morgan fingerprint density at radius 2 is 2.31 bits per heavy atom. The number of carbonyl (C=O) groups is 2. The molecule has 0 aliphatic carbocycles. The van der Waals surface area contributed by atoms with Gasteiger partial charge in [-0.3, -0.25) is 4.79 Å². The van der Waals surface area contributed by atoms with Crippen molar-refractivity contribution in [3.63, 3.8) is 0 Å². The van der Waals surface area contributed by atoms with Crippen LogP contribution in [0.2, 0.25) is 0 Å². The van der Waals surface area contributed by atoms with Crippen molar-refractivity contribution in [2.24, 2.45) is 0 Å². The Labute approximate surface area is 91.6 Å². The third kappa shape index (κ3) is 2.97. The molecule has 88 valence electrons. The van der Waals surface area contributed by atoms with Crippen LogP contribution in [0.4, 0.5) is 6.01 Å². The summed E-state index contributed by atoms with van der Waals surface area (Å²) in [5, 5.41) is 8.54. The molecule has 0 aliphatic heterocycles. The molecule has 1 rings (SSSR count). The normalized spacial score (nSPS) is 9.88. The van der Waals surface area contributed by atoms with Crippen molar-refractivity contribution >= 4 is 18.0 Å². The fourth-order valence-corrected chi connectivity index (χ4v) is 1.01. The van der Waals surface area contributed by atoms with Gasteiger partial charge in [0.1, 0.15) is 12.8 Å². The van der Waals surface area contributed by atoms with E-state index < -0.39 is 11.9 Å². The average molecular weight is 228 g/mol. The van der Waals surface area contributed by atoms with Crippen molar-refractivity contribution in [3.05, 3.63) is 12.0 Å². The smallest absolute Gasteiger partial charge is 0.360 e. The molecule has 1 aromatic heterocycles. The van der Waals surface area contributed by atoms with Gasteiger partial charge in [0, 0.05) is 7.05 Å². The maximum absolute atomic E-state index is 11.2. The predicted molar refractivity (Wildman–Crippen MR) is 53.4 cm³/mol. The fourth-order valence-electron chi connectivity index (χ4n) is 1.01. The summed E-state index contributed by atoms with van der Waals surface area (Å²) in [4.78, 5) is 26.7. The number of esters is 1. The number of carboxylic acid groups (broad SMARTS) is 1. The molecule has 0 saturated carbocycles. The summed E-state index contributed by atoms with van der Waals surface area (Å²) in [7, 11) is 1.49. The molecule has 0 bridgehead atoms. The van der Waals surface area contributed by atoms with Crippen molar-refractivity contribution < 1.29 is 23.8 Å². The van der Waals surface area contributed by atoms with Gasteiger partial charge in [-0.15, -0.1) is 0 Å². The first kappa shape index (κ1) is 12.0. The van der Waals surface area contributed by atoms with Crippen LogP contribution in [0, 0.1) is 0 Å². The van der Waals surface area contributed by atoms with Gasteiger partial charge in [-0.05, 0) is 6.92 Å². The second kappa shape index (κ2) is 5.15. The highest BCUT2D eigenvalue weighted by molar-refractivity contribution is 5.87. The Hall–Kier alpha value is -2.05. The van der Waals surface area contributed by atoms with Gasteiger partial charge >= 0.3 is 11.9 Å². The number of carbonyl (C=O) groups excluding carboxylic acids is 1. The topological polar surface area (TPSA) is 92.9 Å². The quantitative estimate of drug-likeness (QED) is 0.727. The van der Waals surface area contributed by atoms with Crippen molar-refractivity contribution in [3.8, 4) is 0 Å². The highest BCUT2D eigenvalue weighted by atomic mass is 16.5. The van der Waals surface area contributed by atoms with Gasteiger partial charge < -0.3 is 19.2 Å². The van der Waals surface area contributed by atoms with Gasteiger partial charge in [-0.1, -0.05) is 0 Å². The van der Waals surface area contributed by atoms with E-state index in [1.807, 2.05) is 0 Å². The Morgan fingerprint density at radius 1 is 1.62 bits per heavy atom. The van der Waals surface area contributed by atoms with Gasteiger partial charge in [0.15, 0.2) is 5.69 Å². The fraction of sp³-hybridized carbons (Fsp3) is 0.444. The van der Waals surface area contributed by atoms with Crippen LogP contribution < -0.4 is 4.90 Å². The molecule has 1 heterocycles. The van der Waals surface area contributed by atoms with Crippen LogP contribution in [-0.4, -0.2) is 42.2 Å². The lowest BCUT2D eigenvalue weighted by Gasteiger charge is -2.09. The molecule has 0 aromatic carbocycles. The van der Waals surface area contributed by atoms with E-state index in [1.54, 1.807) is 6.92 Å². The number of carboxylic acids is 1. The summed E-state index contributed by atoms with van der Waals surface area (Å²) >= 11 is 0. The molecule has 0 amide bonds. The predicted octanol–water partition coefficient (Wildman–Crippen LogP) is 0.372. The standard InChI is InChI=1S/C9H12N2O5/c1-3-15-8(14)6-5-16-9(10-6)11(2)4-7(12)13/h5H,3-4H2,1-2H3,(H,12,13). The third-order valence-corrected chi connectivity index (χ3v) is 1.68. The number of ether oxygens (including phenoxy) is 1. The summed E-state index contributed by atoms with van der Waals surface area (Å²) in [5.41, 5.74) is 0.0223. The Morgan fingerprint density at radius 3 is 2.88 bits per heavy atom. The molecule has 1 aromatic rings. The van der Waals surface area contributed by atoms with E-state index in [0.29, 0.717) is 0 Å². The second-order valence-electron chi connectivity index (χ2n) is 2.99. The van der Waals surface area contributed by atoms with Crippen LogP contribution in [-0.2, 0) is 9.53 Å². The van der Waals surface area contributed by atoms with E-state index in [9.17, 15) is 9.59 Å². The van der Waals surface area contributed by atoms with Crippen LogP contribution in [0.1, 0.15) is 17.4 Å². The average Bonchev–Trinajstić information content (AvgIpc) is 2.65. The number of aliphatic carboxylic acids is 1. The van der Waals surface area contributed by atoms with Crippen LogP contribution >= 0.6 is 0 Å². The lowest BCUT2D eigenvalue weighted by atomic mass is 10.5. The highest BCUT2D eigenvalue weighted by Crippen LogP contribution is 2.12. The summed E-state index contributed by atoms with van der Waals surface area (Å²) in [6, 6.07) is 0.0606. The molecule has 0 aliphatic rings. The van der Waals surface area contributed by atoms with E-state index >= 15 is 0 Å². The van der Waals surface area contributed by atoms with Gasteiger partial charge in [0.25, 0.3) is 6.01 Å². The van der Waals surface area contributed by atoms with Gasteiger partial charge in [0.2, 0.25) is 0 Å². The number of oxazole rings is 1. The monoisotopic (exact) mass is 228 g/mol. The molecule has 0 saturated heterocycles. The first-order valence-electron chi connectivity index (χ1n) is 4.60. The number of hydrogen-bond donors (Lipinski definition) is 1. The molecule has 0 radical (unpaired) electrons. The lowest BCUT2D eigenvalue weighted by Crippen LogP contribution is -2.25. The molecule has 16 heavy (non-hydrogen) atoms. The van der Waals surface area contributed by atoms with E-state index in [1.165, 1.54) is 11.9 Å². The Kier molecular flexibility index (Phi) is 3.87. The summed E-state index contributed by atoms with van der Waals surface area (Å²) in [6.07, 6.45) is 1.13. The van der Waals surface area contributed by atoms with Crippen molar-refractivity contribution in [2.75, 3.05) is 25.1 Å². The van der Waals surface area contributed by atoms with Gasteiger partial charge in [-0.25, -0.2) is 4.79 Å². The summed E-state index contributed by atoms with van der Waals surface area (Å²) in [5.74, 6) is -1.61. The molecule has 1 N–H and O–H groups in total. The number of rotatable bonds is 5. The number of hydrogen-bond acceptors (Lipinski definition) is 6. The lowest BCUT2D eigenvalue weighted by molar-refractivity contribution is -0.135. The molecule has 0 atom stereocenters. The first-order valence-corrected chi connectivity index (χ1v) is 4.60. The largest absolute Gasteiger partial charge is 0.480 e. The number of aromatic nitrogens is 1. The first-order chi connectivity index (χ1) is 7.54. The molecule has 0 spiro atoms. The molecule has 7 nitrogen and oxygen atoms in total. The van der Waals surface area contributed by atoms with E-state index in [0.717, 1.165) is 6.26 Å². The van der Waals surface area contributed by atoms with Crippen molar-refractivity contribution in [1.82, 2.24) is 4.98 Å². The minimum atomic E-state index is -1.02. The zero-order chi connectivity index (χ0) is 12.1. The summed E-state index contributed by atoms with van der Waals surface area (Å²) in [6.45, 7) is 1.66. The maximum Gasteiger partial charge on any atom is 0.360 e. The second-order valence-corrected chi connectivity index (χ2v) is 2.99. The van der Waals surface area contributed by atoms with E-state index in [4.69, 9.17) is 14.3 Å². The Balaban J connectivity index is 2.70. The summed E-state index contributed by atoms with van der Waals surface area (Å²) < 4.78 is 9.65. The highest BCUT2D eigenvalue weighted by Gasteiger charge is 2.16. The van der Waals surface area contributed by atoms with E-state index in [-0.39, 0.29) is 24.9 Å². The minimum absolute atomic E-state index is 0.0223. The molecule has 0 unspecified atom stereocenters. The van der Waals surface area contributed by atoms with E-state index in [2.05, 4.69) is 4.98 Å². The number of anilines is 1. The number of nitrogens with zero attached hydrogens (tertiary/aromatic N) is 2. The number of likely N-dealkylation sites (N-methyl/N-ethyl adjacent to an activating group) is 1. The maximum atomic E-state index is 11.2. The van der Waals surface area contributed by atoms with Crippen LogP contribution in [0.25, 0.3) is 0 Å². The van der Waals surface area contributed by atoms with Crippen molar-refractivity contribution in [1.29, 1.82) is 0 Å².